The Kier molecular flexibility index (Phi) is 7.89. The van der Waals surface area contributed by atoms with Gasteiger partial charge in [0.1, 0.15) is 0 Å². The molecule has 8 heteroatoms. The van der Waals surface area contributed by atoms with Gasteiger partial charge in [-0.1, -0.05) is 42.5 Å². The van der Waals surface area contributed by atoms with E-state index < -0.39 is 24.6 Å². The van der Waals surface area contributed by atoms with Gasteiger partial charge in [-0.25, -0.2) is 0 Å². The molecule has 190 valence electrons. The molecule has 35 heavy (non-hydrogen) atoms. The molecule has 1 amide bonds. The van der Waals surface area contributed by atoms with Crippen LogP contribution in [0.4, 0.5) is 13.2 Å². The van der Waals surface area contributed by atoms with Crippen LogP contribution in [-0.4, -0.2) is 56.4 Å². The third kappa shape index (κ3) is 5.74. The molecule has 0 bridgehead atoms. The van der Waals surface area contributed by atoms with Crippen LogP contribution in [0.25, 0.3) is 0 Å². The van der Waals surface area contributed by atoms with Crippen LogP contribution in [0.2, 0.25) is 0 Å². The van der Waals surface area contributed by atoms with Crippen molar-refractivity contribution in [3.05, 3.63) is 59.7 Å². The number of para-hydroxylation sites is 1. The van der Waals surface area contributed by atoms with Gasteiger partial charge in [0.15, 0.2) is 11.5 Å². The maximum absolute atomic E-state index is 13.8. The zero-order chi connectivity index (χ0) is 25.0. The molecule has 2 fully saturated rings. The Morgan fingerprint density at radius 1 is 1.11 bits per heavy atom. The van der Waals surface area contributed by atoms with Crippen LogP contribution in [-0.2, 0) is 4.79 Å². The molecule has 4 atom stereocenters. The predicted molar refractivity (Wildman–Crippen MR) is 128 cm³/mol. The van der Waals surface area contributed by atoms with Gasteiger partial charge >= 0.3 is 6.18 Å². The topological polar surface area (TPSA) is 50.8 Å². The minimum absolute atomic E-state index is 0.00745. The van der Waals surface area contributed by atoms with Gasteiger partial charge in [0.05, 0.1) is 26.1 Å². The lowest BCUT2D eigenvalue weighted by molar-refractivity contribution is -0.160. The van der Waals surface area contributed by atoms with E-state index in [1.54, 1.807) is 13.2 Å². The van der Waals surface area contributed by atoms with Gasteiger partial charge in [0.25, 0.3) is 0 Å². The molecule has 2 heterocycles. The number of alkyl halides is 3. The van der Waals surface area contributed by atoms with Crippen molar-refractivity contribution >= 4 is 5.91 Å². The largest absolute Gasteiger partial charge is 0.493 e. The Morgan fingerprint density at radius 3 is 2.57 bits per heavy atom. The van der Waals surface area contributed by atoms with E-state index in [1.165, 1.54) is 4.90 Å². The van der Waals surface area contributed by atoms with Crippen molar-refractivity contribution in [2.45, 2.75) is 50.2 Å². The molecular weight excluding hydrogens is 457 g/mol. The third-order valence-corrected chi connectivity index (χ3v) is 7.19. The summed E-state index contributed by atoms with van der Waals surface area (Å²) in [5, 5.41) is 3.28. The van der Waals surface area contributed by atoms with Gasteiger partial charge in [-0.15, -0.1) is 0 Å². The van der Waals surface area contributed by atoms with Gasteiger partial charge < -0.3 is 19.7 Å². The van der Waals surface area contributed by atoms with Crippen LogP contribution in [0.3, 0.4) is 0 Å². The zero-order valence-corrected chi connectivity index (χ0v) is 20.2. The number of nitrogens with one attached hydrogen (secondary N) is 1. The fraction of sp³-hybridized carbons (Fsp3) is 0.519. The maximum Gasteiger partial charge on any atom is 0.391 e. The fourth-order valence-electron chi connectivity index (χ4n) is 5.59. The summed E-state index contributed by atoms with van der Waals surface area (Å²) in [6, 6.07) is 14.3. The van der Waals surface area contributed by atoms with E-state index in [9.17, 15) is 18.0 Å². The summed E-state index contributed by atoms with van der Waals surface area (Å²) in [7, 11) is 1.57. The van der Waals surface area contributed by atoms with E-state index >= 15 is 0 Å². The summed E-state index contributed by atoms with van der Waals surface area (Å²) in [6.45, 7) is 3.60. The number of piperidine rings is 1. The number of amides is 1. The second kappa shape index (κ2) is 10.9. The number of rotatable bonds is 7. The van der Waals surface area contributed by atoms with Gasteiger partial charge in [0.2, 0.25) is 5.91 Å². The molecule has 0 saturated carbocycles. The summed E-state index contributed by atoms with van der Waals surface area (Å²) in [4.78, 5) is 15.3. The number of carbonyl (C=O) groups excluding carboxylic acids is 1. The Morgan fingerprint density at radius 2 is 1.89 bits per heavy atom. The van der Waals surface area contributed by atoms with Crippen molar-refractivity contribution in [3.63, 3.8) is 0 Å². The van der Waals surface area contributed by atoms with E-state index in [4.69, 9.17) is 9.47 Å². The molecule has 2 aromatic carbocycles. The molecule has 2 aliphatic rings. The first-order chi connectivity index (χ1) is 16.8. The Labute approximate surface area is 204 Å². The Hall–Kier alpha value is -2.74. The molecular formula is C27H33F3N2O3. The van der Waals surface area contributed by atoms with Crippen molar-refractivity contribution in [3.8, 4) is 11.5 Å². The normalized spacial score (nSPS) is 24.9. The van der Waals surface area contributed by atoms with Crippen molar-refractivity contribution in [1.82, 2.24) is 10.2 Å². The number of methoxy groups -OCH3 is 1. The number of benzene rings is 2. The van der Waals surface area contributed by atoms with Gasteiger partial charge in [0, 0.05) is 37.2 Å². The van der Waals surface area contributed by atoms with E-state index in [-0.39, 0.29) is 17.7 Å². The van der Waals surface area contributed by atoms with Gasteiger partial charge in [-0.2, -0.15) is 13.2 Å². The van der Waals surface area contributed by atoms with Crippen molar-refractivity contribution < 1.29 is 27.4 Å². The number of halogens is 3. The van der Waals surface area contributed by atoms with E-state index in [2.05, 4.69) is 5.32 Å². The summed E-state index contributed by atoms with van der Waals surface area (Å²) in [5.74, 6) is 0.293. The average Bonchev–Trinajstić information content (AvgIpc) is 3.33. The molecule has 4 unspecified atom stereocenters. The van der Waals surface area contributed by atoms with Crippen LogP contribution in [0.15, 0.2) is 48.5 Å². The molecule has 0 aliphatic carbocycles. The van der Waals surface area contributed by atoms with Crippen molar-refractivity contribution in [2.24, 2.45) is 5.92 Å². The first-order valence-electron chi connectivity index (χ1n) is 12.2. The predicted octanol–water partition coefficient (Wildman–Crippen LogP) is 5.12. The lowest BCUT2D eigenvalue weighted by Crippen LogP contribution is -2.50. The molecule has 5 nitrogen and oxygen atoms in total. The van der Waals surface area contributed by atoms with Crippen LogP contribution in [0.1, 0.15) is 49.1 Å². The highest BCUT2D eigenvalue weighted by molar-refractivity contribution is 5.81. The zero-order valence-electron chi connectivity index (χ0n) is 20.2. The smallest absolute Gasteiger partial charge is 0.391 e. The molecule has 4 rings (SSSR count). The molecule has 0 aromatic heterocycles. The van der Waals surface area contributed by atoms with Crippen LogP contribution in [0, 0.1) is 5.92 Å². The molecule has 0 radical (unpaired) electrons. The Bertz CT molecular complexity index is 999. The van der Waals surface area contributed by atoms with Gasteiger partial charge in [-0.05, 0) is 37.3 Å². The van der Waals surface area contributed by atoms with E-state index in [0.29, 0.717) is 50.6 Å². The first kappa shape index (κ1) is 25.4. The summed E-state index contributed by atoms with van der Waals surface area (Å²) in [6.07, 6.45) is -4.37. The number of nitrogens with zero attached hydrogens (tertiary/aromatic N) is 1. The lowest BCUT2D eigenvalue weighted by atomic mass is 9.82. The molecule has 1 N–H and O–H groups in total. The highest BCUT2D eigenvalue weighted by Gasteiger charge is 2.44. The number of ether oxygens (including phenoxy) is 2. The third-order valence-electron chi connectivity index (χ3n) is 7.19. The summed E-state index contributed by atoms with van der Waals surface area (Å²) >= 11 is 0. The van der Waals surface area contributed by atoms with Crippen LogP contribution < -0.4 is 14.8 Å². The highest BCUT2D eigenvalue weighted by atomic mass is 19.4. The monoisotopic (exact) mass is 490 g/mol. The quantitative estimate of drug-likeness (QED) is 0.585. The summed E-state index contributed by atoms with van der Waals surface area (Å²) in [5.41, 5.74) is 1.88. The Balaban J connectivity index is 1.59. The number of hydrogen-bond acceptors (Lipinski definition) is 4. The molecule has 2 aliphatic heterocycles. The number of carbonyl (C=O) groups is 1. The molecule has 2 aromatic rings. The maximum atomic E-state index is 13.8. The minimum Gasteiger partial charge on any atom is -0.493 e. The van der Waals surface area contributed by atoms with E-state index in [0.717, 1.165) is 11.1 Å². The second-order valence-corrected chi connectivity index (χ2v) is 9.32. The SMILES string of the molecule is CCOc1c(OC)cccc1C1CNCC1C(=O)N1CCC(c2ccccc2)CC1CC(F)(F)F. The minimum atomic E-state index is -4.34. The van der Waals surface area contributed by atoms with Gasteiger partial charge in [-0.3, -0.25) is 4.79 Å². The molecule has 2 saturated heterocycles. The number of likely N-dealkylation sites (tertiary alicyclic amines) is 1. The molecule has 0 spiro atoms. The summed E-state index contributed by atoms with van der Waals surface area (Å²) < 4.78 is 52.0. The van der Waals surface area contributed by atoms with Crippen molar-refractivity contribution in [1.29, 1.82) is 0 Å². The first-order valence-corrected chi connectivity index (χ1v) is 12.2. The highest BCUT2D eigenvalue weighted by Crippen LogP contribution is 2.42. The van der Waals surface area contributed by atoms with Crippen LogP contribution >= 0.6 is 0 Å². The van der Waals surface area contributed by atoms with E-state index in [1.807, 2.05) is 49.4 Å². The number of hydrogen-bond donors (Lipinski definition) is 1. The average molecular weight is 491 g/mol. The second-order valence-electron chi connectivity index (χ2n) is 9.32. The van der Waals surface area contributed by atoms with Crippen LogP contribution in [0.5, 0.6) is 11.5 Å². The fourth-order valence-corrected chi connectivity index (χ4v) is 5.59. The van der Waals surface area contributed by atoms with Crippen molar-refractivity contribution in [2.75, 3.05) is 33.4 Å². The lowest BCUT2D eigenvalue weighted by Gasteiger charge is -2.42. The standard InChI is InChI=1S/C27H33F3N2O3/c1-3-35-25-21(10-7-11-24(25)34-2)22-16-31-17-23(22)26(33)32-13-12-19(18-8-5-4-6-9-18)14-20(32)15-27(28,29)30/h4-11,19-20,22-23,31H,3,12-17H2,1-2H3.